The molecule has 2 nitrogen and oxygen atoms in total. The van der Waals surface area contributed by atoms with Gasteiger partial charge in [0.1, 0.15) is 5.75 Å². The first kappa shape index (κ1) is 17.4. The number of halogens is 2. The molecule has 0 radical (unpaired) electrons. The van der Waals surface area contributed by atoms with E-state index in [9.17, 15) is 0 Å². The van der Waals surface area contributed by atoms with Crippen molar-refractivity contribution < 1.29 is 4.74 Å². The van der Waals surface area contributed by atoms with Gasteiger partial charge in [-0.15, -0.1) is 0 Å². The minimum absolute atomic E-state index is 0.547. The monoisotopic (exact) mass is 455 g/mol. The summed E-state index contributed by atoms with van der Waals surface area (Å²) in [5, 5.41) is 3.86. The second-order valence-electron chi connectivity index (χ2n) is 8.46. The van der Waals surface area contributed by atoms with Crippen LogP contribution in [-0.4, -0.2) is 13.2 Å². The number of benzene rings is 1. The van der Waals surface area contributed by atoms with Gasteiger partial charge >= 0.3 is 0 Å². The fourth-order valence-electron chi connectivity index (χ4n) is 6.16. The van der Waals surface area contributed by atoms with Gasteiger partial charge in [-0.05, 0) is 96.7 Å². The predicted molar refractivity (Wildman–Crippen MR) is 105 cm³/mol. The Kier molecular flexibility index (Phi) is 4.77. The molecule has 0 heterocycles. The van der Waals surface area contributed by atoms with E-state index >= 15 is 0 Å². The lowest BCUT2D eigenvalue weighted by molar-refractivity contribution is -0.0706. The summed E-state index contributed by atoms with van der Waals surface area (Å²) in [6.45, 7) is 3.29. The lowest BCUT2D eigenvalue weighted by Crippen LogP contribution is -2.54. The fourth-order valence-corrected chi connectivity index (χ4v) is 7.64. The molecule has 1 aromatic carbocycles. The molecule has 4 fully saturated rings. The maximum absolute atomic E-state index is 5.60. The average molecular weight is 457 g/mol. The van der Waals surface area contributed by atoms with Gasteiger partial charge in [0.2, 0.25) is 0 Å². The maximum atomic E-state index is 5.60. The molecule has 4 aliphatic carbocycles. The van der Waals surface area contributed by atoms with E-state index in [-0.39, 0.29) is 0 Å². The first-order valence-corrected chi connectivity index (χ1v) is 10.8. The Bertz CT molecular complexity index is 595. The van der Waals surface area contributed by atoms with Crippen molar-refractivity contribution >= 4 is 31.9 Å². The average Bonchev–Trinajstić information content (AvgIpc) is 2.50. The molecular formula is C20H27Br2NO. The zero-order valence-electron chi connectivity index (χ0n) is 14.6. The molecular weight excluding hydrogens is 430 g/mol. The second-order valence-corrected chi connectivity index (χ2v) is 10.2. The summed E-state index contributed by atoms with van der Waals surface area (Å²) in [4.78, 5) is 0. The van der Waals surface area contributed by atoms with Crippen molar-refractivity contribution in [3.05, 3.63) is 26.6 Å². The van der Waals surface area contributed by atoms with E-state index in [2.05, 4.69) is 50.2 Å². The van der Waals surface area contributed by atoms with Crippen molar-refractivity contribution in [1.82, 2.24) is 5.32 Å². The molecule has 4 heteroatoms. The normalized spacial score (nSPS) is 35.2. The summed E-state index contributed by atoms with van der Waals surface area (Å²) < 4.78 is 7.71. The van der Waals surface area contributed by atoms with Gasteiger partial charge in [0.15, 0.2) is 0 Å². The van der Waals surface area contributed by atoms with Crippen molar-refractivity contribution in [1.29, 1.82) is 0 Å². The van der Waals surface area contributed by atoms with E-state index in [1.54, 1.807) is 7.11 Å². The summed E-state index contributed by atoms with van der Waals surface area (Å²) >= 11 is 7.22. The molecule has 0 aromatic heterocycles. The number of hydrogen-bond donors (Lipinski definition) is 1. The first-order valence-electron chi connectivity index (χ1n) is 9.24. The molecule has 0 aliphatic heterocycles. The Morgan fingerprint density at radius 3 is 2.25 bits per heavy atom. The minimum Gasteiger partial charge on any atom is -0.495 e. The van der Waals surface area contributed by atoms with E-state index in [4.69, 9.17) is 4.74 Å². The van der Waals surface area contributed by atoms with Crippen molar-refractivity contribution in [3.8, 4) is 5.75 Å². The standard InChI is InChI=1S/C20H27Br2NO/c1-12(20-8-13-3-14(9-20)5-15(4-13)10-20)23-11-16-6-17(21)7-18(22)19(16)24-2/h6-7,12-15,23H,3-5,8-11H2,1-2H3. The van der Waals surface area contributed by atoms with Gasteiger partial charge in [-0.25, -0.2) is 0 Å². The van der Waals surface area contributed by atoms with Crippen LogP contribution in [0.5, 0.6) is 5.75 Å². The Morgan fingerprint density at radius 1 is 1.12 bits per heavy atom. The van der Waals surface area contributed by atoms with E-state index in [1.165, 1.54) is 44.1 Å². The molecule has 1 unspecified atom stereocenters. The molecule has 0 amide bonds. The zero-order valence-corrected chi connectivity index (χ0v) is 17.8. The lowest BCUT2D eigenvalue weighted by atomic mass is 9.48. The van der Waals surface area contributed by atoms with Gasteiger partial charge in [0.05, 0.1) is 11.6 Å². The van der Waals surface area contributed by atoms with Gasteiger partial charge in [0.25, 0.3) is 0 Å². The third-order valence-corrected chi connectivity index (χ3v) is 7.94. The molecule has 4 saturated carbocycles. The van der Waals surface area contributed by atoms with E-state index in [0.29, 0.717) is 11.5 Å². The fraction of sp³-hybridized carbons (Fsp3) is 0.700. The van der Waals surface area contributed by atoms with Crippen molar-refractivity contribution in [2.75, 3.05) is 7.11 Å². The molecule has 132 valence electrons. The SMILES string of the molecule is COc1c(Br)cc(Br)cc1CNC(C)C12CC3CC(CC(C3)C1)C2. The van der Waals surface area contributed by atoms with E-state index < -0.39 is 0 Å². The molecule has 1 N–H and O–H groups in total. The first-order chi connectivity index (χ1) is 11.5. The van der Waals surface area contributed by atoms with Crippen LogP contribution in [-0.2, 0) is 6.54 Å². The van der Waals surface area contributed by atoms with Crippen LogP contribution >= 0.6 is 31.9 Å². The number of hydrogen-bond acceptors (Lipinski definition) is 2. The number of nitrogens with one attached hydrogen (secondary N) is 1. The summed E-state index contributed by atoms with van der Waals surface area (Å²) in [5.74, 6) is 3.98. The van der Waals surface area contributed by atoms with Crippen LogP contribution in [0.3, 0.4) is 0 Å². The van der Waals surface area contributed by atoms with Gasteiger partial charge in [-0.3, -0.25) is 0 Å². The zero-order chi connectivity index (χ0) is 16.9. The van der Waals surface area contributed by atoms with Crippen molar-refractivity contribution in [3.63, 3.8) is 0 Å². The van der Waals surface area contributed by atoms with Crippen molar-refractivity contribution in [2.24, 2.45) is 23.2 Å². The van der Waals surface area contributed by atoms with Gasteiger partial charge in [-0.1, -0.05) is 15.9 Å². The minimum atomic E-state index is 0.547. The molecule has 5 rings (SSSR count). The topological polar surface area (TPSA) is 21.3 Å². The van der Waals surface area contributed by atoms with Crippen LogP contribution < -0.4 is 10.1 Å². The predicted octanol–water partition coefficient (Wildman–Crippen LogP) is 5.91. The molecule has 4 bridgehead atoms. The summed E-state index contributed by atoms with van der Waals surface area (Å²) in [5.41, 5.74) is 1.76. The smallest absolute Gasteiger partial charge is 0.137 e. The third-order valence-electron chi connectivity index (χ3n) is 6.89. The Labute approximate surface area is 162 Å². The van der Waals surface area contributed by atoms with Crippen LogP contribution in [0.15, 0.2) is 21.1 Å². The summed E-state index contributed by atoms with van der Waals surface area (Å²) in [7, 11) is 1.75. The Hall–Kier alpha value is -0.0600. The van der Waals surface area contributed by atoms with Gasteiger partial charge < -0.3 is 10.1 Å². The Morgan fingerprint density at radius 2 is 1.71 bits per heavy atom. The van der Waals surface area contributed by atoms with Crippen LogP contribution in [0.4, 0.5) is 0 Å². The molecule has 24 heavy (non-hydrogen) atoms. The molecule has 0 spiro atoms. The number of ether oxygens (including phenoxy) is 1. The summed E-state index contributed by atoms with van der Waals surface area (Å²) in [6.07, 6.45) is 8.89. The molecule has 1 atom stereocenters. The van der Waals surface area contributed by atoms with E-state index in [0.717, 1.165) is 39.0 Å². The van der Waals surface area contributed by atoms with Crippen LogP contribution in [0, 0.1) is 23.2 Å². The highest BCUT2D eigenvalue weighted by Crippen LogP contribution is 2.61. The quantitative estimate of drug-likeness (QED) is 0.594. The molecule has 4 aliphatic rings. The number of methoxy groups -OCH3 is 1. The molecule has 1 aromatic rings. The highest BCUT2D eigenvalue weighted by molar-refractivity contribution is 9.11. The number of rotatable bonds is 5. The van der Waals surface area contributed by atoms with Gasteiger partial charge in [-0.2, -0.15) is 0 Å². The summed E-state index contributed by atoms with van der Waals surface area (Å²) in [6, 6.07) is 4.79. The van der Waals surface area contributed by atoms with E-state index in [1.807, 2.05) is 6.07 Å². The van der Waals surface area contributed by atoms with Crippen molar-refractivity contribution in [2.45, 2.75) is 58.0 Å². The lowest BCUT2D eigenvalue weighted by Gasteiger charge is -2.59. The highest BCUT2D eigenvalue weighted by atomic mass is 79.9. The second kappa shape index (κ2) is 6.59. The Balaban J connectivity index is 1.49. The van der Waals surface area contributed by atoms with Gasteiger partial charge in [0, 0.05) is 22.6 Å². The highest BCUT2D eigenvalue weighted by Gasteiger charge is 2.52. The van der Waals surface area contributed by atoms with Crippen LogP contribution in [0.1, 0.15) is 51.0 Å². The third kappa shape index (κ3) is 3.07. The largest absolute Gasteiger partial charge is 0.495 e. The van der Waals surface area contributed by atoms with Crippen LogP contribution in [0.25, 0.3) is 0 Å². The van der Waals surface area contributed by atoms with Crippen LogP contribution in [0.2, 0.25) is 0 Å². The molecule has 0 saturated heterocycles. The maximum Gasteiger partial charge on any atom is 0.137 e.